The van der Waals surface area contributed by atoms with E-state index in [1.54, 1.807) is 19.4 Å². The van der Waals surface area contributed by atoms with Gasteiger partial charge in [0.25, 0.3) is 0 Å². The van der Waals surface area contributed by atoms with E-state index in [9.17, 15) is 4.79 Å². The minimum atomic E-state index is -0.106. The predicted octanol–water partition coefficient (Wildman–Crippen LogP) is 4.50. The van der Waals surface area contributed by atoms with E-state index in [-0.39, 0.29) is 12.3 Å². The largest absolute Gasteiger partial charge is 0.497 e. The minimum absolute atomic E-state index is 0.106. The summed E-state index contributed by atoms with van der Waals surface area (Å²) in [6.45, 7) is 0. The van der Waals surface area contributed by atoms with Crippen molar-refractivity contribution in [2.45, 2.75) is 6.42 Å². The predicted molar refractivity (Wildman–Crippen MR) is 111 cm³/mol. The fourth-order valence-corrected chi connectivity index (χ4v) is 3.05. The molecule has 0 saturated heterocycles. The third kappa shape index (κ3) is 3.96. The zero-order valence-corrected chi connectivity index (χ0v) is 15.4. The third-order valence-corrected chi connectivity index (χ3v) is 4.42. The van der Waals surface area contributed by atoms with Crippen molar-refractivity contribution >= 4 is 34.0 Å². The van der Waals surface area contributed by atoms with Gasteiger partial charge in [-0.15, -0.1) is 0 Å². The second-order valence-corrected chi connectivity index (χ2v) is 6.37. The van der Waals surface area contributed by atoms with Gasteiger partial charge in [0.2, 0.25) is 5.91 Å². The summed E-state index contributed by atoms with van der Waals surface area (Å²) in [5.74, 6) is 1.19. The SMILES string of the molecule is COc1cccc(Nc2ccc(NC(=O)Cc3c[nH]c4ccccc34)nc2)c1. The standard InChI is InChI=1S/C22H20N4O2/c1-28-18-6-4-5-16(12-18)25-17-9-10-21(24-14-17)26-22(27)11-15-13-23-20-8-3-2-7-19(15)20/h2-10,12-14,23,25H,11H2,1H3,(H,24,26,27). The van der Waals surface area contributed by atoms with Gasteiger partial charge in [0.05, 0.1) is 25.4 Å². The second-order valence-electron chi connectivity index (χ2n) is 6.37. The Kier molecular flexibility index (Phi) is 4.93. The average molecular weight is 372 g/mol. The Morgan fingerprint density at radius 2 is 1.96 bits per heavy atom. The molecule has 3 N–H and O–H groups in total. The number of amides is 1. The first-order chi connectivity index (χ1) is 13.7. The first-order valence-electron chi connectivity index (χ1n) is 8.93. The van der Waals surface area contributed by atoms with E-state index in [4.69, 9.17) is 4.74 Å². The van der Waals surface area contributed by atoms with E-state index in [0.29, 0.717) is 5.82 Å². The highest BCUT2D eigenvalue weighted by Gasteiger charge is 2.09. The number of carbonyl (C=O) groups excluding carboxylic acids is 1. The molecule has 0 aliphatic carbocycles. The van der Waals surface area contributed by atoms with Crippen molar-refractivity contribution in [3.63, 3.8) is 0 Å². The fourth-order valence-electron chi connectivity index (χ4n) is 3.05. The van der Waals surface area contributed by atoms with Crippen LogP contribution in [-0.4, -0.2) is 23.0 Å². The first-order valence-corrected chi connectivity index (χ1v) is 8.93. The molecule has 0 bridgehead atoms. The molecular formula is C22H20N4O2. The molecule has 0 aliphatic heterocycles. The van der Waals surface area contributed by atoms with Gasteiger partial charge in [0, 0.05) is 28.9 Å². The molecule has 0 fully saturated rings. The molecule has 2 aromatic heterocycles. The van der Waals surface area contributed by atoms with E-state index in [1.165, 1.54) is 0 Å². The van der Waals surface area contributed by atoms with Crippen molar-refractivity contribution in [1.29, 1.82) is 0 Å². The summed E-state index contributed by atoms with van der Waals surface area (Å²) in [7, 11) is 1.63. The topological polar surface area (TPSA) is 79.0 Å². The molecule has 4 aromatic rings. The molecule has 28 heavy (non-hydrogen) atoms. The van der Waals surface area contributed by atoms with Gasteiger partial charge < -0.3 is 20.4 Å². The maximum absolute atomic E-state index is 12.4. The molecule has 0 atom stereocenters. The lowest BCUT2D eigenvalue weighted by Gasteiger charge is -2.09. The number of hydrogen-bond donors (Lipinski definition) is 3. The van der Waals surface area contributed by atoms with Crippen LogP contribution in [0.25, 0.3) is 10.9 Å². The fraction of sp³-hybridized carbons (Fsp3) is 0.0909. The molecule has 2 aromatic carbocycles. The monoisotopic (exact) mass is 372 g/mol. The van der Waals surface area contributed by atoms with Gasteiger partial charge in [-0.2, -0.15) is 0 Å². The summed E-state index contributed by atoms with van der Waals surface area (Å²) in [6.07, 6.45) is 3.84. The van der Waals surface area contributed by atoms with Crippen LogP contribution in [0.2, 0.25) is 0 Å². The van der Waals surface area contributed by atoms with Crippen LogP contribution >= 0.6 is 0 Å². The molecule has 0 unspecified atom stereocenters. The van der Waals surface area contributed by atoms with Gasteiger partial charge in [-0.1, -0.05) is 24.3 Å². The van der Waals surface area contributed by atoms with Crippen LogP contribution in [0.4, 0.5) is 17.2 Å². The van der Waals surface area contributed by atoms with E-state index < -0.39 is 0 Å². The zero-order chi connectivity index (χ0) is 19.3. The summed E-state index contributed by atoms with van der Waals surface area (Å²) in [4.78, 5) is 19.9. The van der Waals surface area contributed by atoms with Gasteiger partial charge in [0.15, 0.2) is 0 Å². The van der Waals surface area contributed by atoms with Gasteiger partial charge >= 0.3 is 0 Å². The summed E-state index contributed by atoms with van der Waals surface area (Å²) < 4.78 is 5.22. The number of nitrogens with zero attached hydrogens (tertiary/aromatic N) is 1. The minimum Gasteiger partial charge on any atom is -0.497 e. The van der Waals surface area contributed by atoms with Gasteiger partial charge in [-0.3, -0.25) is 4.79 Å². The van der Waals surface area contributed by atoms with Crippen molar-refractivity contribution in [3.8, 4) is 5.75 Å². The number of ether oxygens (including phenoxy) is 1. The number of benzene rings is 2. The molecule has 4 rings (SSSR count). The lowest BCUT2D eigenvalue weighted by molar-refractivity contribution is -0.115. The Labute approximate surface area is 162 Å². The van der Waals surface area contributed by atoms with Crippen molar-refractivity contribution in [2.75, 3.05) is 17.7 Å². The number of para-hydroxylation sites is 1. The van der Waals surface area contributed by atoms with Crippen LogP contribution in [0.1, 0.15) is 5.56 Å². The molecule has 1 amide bonds. The number of methoxy groups -OCH3 is 1. The molecule has 0 spiro atoms. The second kappa shape index (κ2) is 7.84. The highest BCUT2D eigenvalue weighted by atomic mass is 16.5. The number of aromatic nitrogens is 2. The first kappa shape index (κ1) is 17.6. The number of anilines is 3. The molecular weight excluding hydrogens is 352 g/mol. The molecule has 0 saturated carbocycles. The maximum atomic E-state index is 12.4. The Morgan fingerprint density at radius 1 is 1.07 bits per heavy atom. The number of nitrogens with one attached hydrogen (secondary N) is 3. The zero-order valence-electron chi connectivity index (χ0n) is 15.4. The lowest BCUT2D eigenvalue weighted by atomic mass is 10.1. The maximum Gasteiger partial charge on any atom is 0.230 e. The van der Waals surface area contributed by atoms with E-state index >= 15 is 0 Å². The van der Waals surface area contributed by atoms with Crippen molar-refractivity contribution < 1.29 is 9.53 Å². The average Bonchev–Trinajstić information content (AvgIpc) is 3.12. The third-order valence-electron chi connectivity index (χ3n) is 4.42. The van der Waals surface area contributed by atoms with Crippen LogP contribution in [0.5, 0.6) is 5.75 Å². The highest BCUT2D eigenvalue weighted by Crippen LogP contribution is 2.22. The number of pyridine rings is 1. The number of hydrogen-bond acceptors (Lipinski definition) is 4. The number of fused-ring (bicyclic) bond motifs is 1. The molecule has 2 heterocycles. The highest BCUT2D eigenvalue weighted by molar-refractivity contribution is 5.95. The van der Waals surface area contributed by atoms with Crippen LogP contribution < -0.4 is 15.4 Å². The molecule has 0 radical (unpaired) electrons. The van der Waals surface area contributed by atoms with Crippen LogP contribution in [0, 0.1) is 0 Å². The molecule has 0 aliphatic rings. The summed E-state index contributed by atoms with van der Waals surface area (Å²) in [6, 6.07) is 19.2. The quantitative estimate of drug-likeness (QED) is 0.466. The Bertz CT molecular complexity index is 1100. The normalized spacial score (nSPS) is 10.6. The molecule has 6 heteroatoms. The van der Waals surface area contributed by atoms with E-state index in [1.807, 2.05) is 60.8 Å². The number of rotatable bonds is 6. The van der Waals surface area contributed by atoms with E-state index in [0.717, 1.165) is 33.6 Å². The molecule has 6 nitrogen and oxygen atoms in total. The summed E-state index contributed by atoms with van der Waals surface area (Å²) in [5, 5.41) is 7.16. The lowest BCUT2D eigenvalue weighted by Crippen LogP contribution is -2.15. The van der Waals surface area contributed by atoms with Crippen molar-refractivity contribution in [1.82, 2.24) is 9.97 Å². The van der Waals surface area contributed by atoms with Gasteiger partial charge in [0.1, 0.15) is 11.6 Å². The number of H-pyrrole nitrogens is 1. The Balaban J connectivity index is 1.39. The smallest absolute Gasteiger partial charge is 0.230 e. The molecule has 140 valence electrons. The summed E-state index contributed by atoms with van der Waals surface area (Å²) >= 11 is 0. The number of aromatic amines is 1. The van der Waals surface area contributed by atoms with Gasteiger partial charge in [-0.25, -0.2) is 4.98 Å². The Hall–Kier alpha value is -3.80. The number of carbonyl (C=O) groups is 1. The van der Waals surface area contributed by atoms with Crippen LogP contribution in [-0.2, 0) is 11.2 Å². The summed E-state index contributed by atoms with van der Waals surface area (Å²) in [5.41, 5.74) is 3.71. The van der Waals surface area contributed by atoms with Crippen LogP contribution in [0.3, 0.4) is 0 Å². The van der Waals surface area contributed by atoms with Crippen molar-refractivity contribution in [3.05, 3.63) is 78.6 Å². The van der Waals surface area contributed by atoms with E-state index in [2.05, 4.69) is 20.6 Å². The Morgan fingerprint density at radius 3 is 2.79 bits per heavy atom. The van der Waals surface area contributed by atoms with Crippen LogP contribution in [0.15, 0.2) is 73.1 Å². The van der Waals surface area contributed by atoms with Crippen molar-refractivity contribution in [2.24, 2.45) is 0 Å². The van der Waals surface area contributed by atoms with Gasteiger partial charge in [-0.05, 0) is 35.9 Å².